The van der Waals surface area contributed by atoms with Crippen LogP contribution >= 0.6 is 35.3 Å². The number of nitrogens with zero attached hydrogens (tertiary/aromatic N) is 3. The number of alkyl halides is 3. The van der Waals surface area contributed by atoms with Crippen LogP contribution < -0.4 is 15.4 Å². The van der Waals surface area contributed by atoms with Crippen LogP contribution in [0.3, 0.4) is 0 Å². The van der Waals surface area contributed by atoms with Gasteiger partial charge in [-0.1, -0.05) is 6.07 Å². The van der Waals surface area contributed by atoms with Crippen LogP contribution in [0.5, 0.6) is 5.88 Å². The van der Waals surface area contributed by atoms with E-state index in [-0.39, 0.29) is 30.5 Å². The molecule has 150 valence electrons. The Kier molecular flexibility index (Phi) is 9.77. The first kappa shape index (κ1) is 23.4. The number of hydrogen-bond donors (Lipinski definition) is 2. The molecule has 2 N–H and O–H groups in total. The molecule has 0 aliphatic rings. The summed E-state index contributed by atoms with van der Waals surface area (Å²) in [5.74, 6) is 0.993. The molecule has 6 nitrogen and oxygen atoms in total. The molecule has 27 heavy (non-hydrogen) atoms. The Morgan fingerprint density at radius 3 is 2.70 bits per heavy atom. The van der Waals surface area contributed by atoms with E-state index < -0.39 is 11.9 Å². The van der Waals surface area contributed by atoms with E-state index in [4.69, 9.17) is 4.74 Å². The third-order valence-corrected chi connectivity index (χ3v) is 3.98. The maximum atomic E-state index is 12.6. The highest BCUT2D eigenvalue weighted by Crippen LogP contribution is 2.29. The Morgan fingerprint density at radius 1 is 1.30 bits per heavy atom. The summed E-state index contributed by atoms with van der Waals surface area (Å²) in [6, 6.07) is 3.66. The summed E-state index contributed by atoms with van der Waals surface area (Å²) >= 11 is 0.954. The van der Waals surface area contributed by atoms with Crippen molar-refractivity contribution in [2.75, 3.05) is 13.2 Å². The molecule has 11 heteroatoms. The van der Waals surface area contributed by atoms with Crippen molar-refractivity contribution in [2.24, 2.45) is 4.99 Å². The zero-order valence-corrected chi connectivity index (χ0v) is 18.0. The fourth-order valence-corrected chi connectivity index (χ4v) is 2.74. The first-order chi connectivity index (χ1) is 12.4. The second kappa shape index (κ2) is 11.3. The number of rotatable bonds is 7. The number of pyridine rings is 1. The van der Waals surface area contributed by atoms with Crippen LogP contribution in [0.4, 0.5) is 13.2 Å². The standard InChI is InChI=1S/C16H20F3N5OS.HI/c1-3-20-15(22-8-11-6-5-7-21-14(11)25-4-2)23-9-13-24-12(10-26-13)16(17,18)19;/h5-7,10H,3-4,8-9H2,1-2H3,(H2,20,22,23);1H. The van der Waals surface area contributed by atoms with Crippen molar-refractivity contribution in [1.82, 2.24) is 20.6 Å². The van der Waals surface area contributed by atoms with E-state index in [2.05, 4.69) is 25.6 Å². The molecule has 2 aromatic heterocycles. The van der Waals surface area contributed by atoms with Gasteiger partial charge in [-0.25, -0.2) is 15.0 Å². The average Bonchev–Trinajstić information content (AvgIpc) is 3.08. The smallest absolute Gasteiger partial charge is 0.434 e. The molecule has 0 spiro atoms. The van der Waals surface area contributed by atoms with Crippen LogP contribution in [0.15, 0.2) is 28.7 Å². The predicted molar refractivity (Wildman–Crippen MR) is 110 cm³/mol. The van der Waals surface area contributed by atoms with Crippen molar-refractivity contribution in [3.05, 3.63) is 40.0 Å². The van der Waals surface area contributed by atoms with Crippen molar-refractivity contribution in [1.29, 1.82) is 0 Å². The van der Waals surface area contributed by atoms with Crippen LogP contribution in [-0.4, -0.2) is 29.1 Å². The van der Waals surface area contributed by atoms with E-state index in [1.165, 1.54) is 0 Å². The minimum absolute atomic E-state index is 0. The molecular formula is C16H21F3IN5OS. The summed E-state index contributed by atoms with van der Waals surface area (Å²) in [5.41, 5.74) is -0.0573. The van der Waals surface area contributed by atoms with Gasteiger partial charge in [0.1, 0.15) is 5.01 Å². The second-order valence-corrected chi connectivity index (χ2v) is 6.02. The minimum atomic E-state index is -4.43. The summed E-state index contributed by atoms with van der Waals surface area (Å²) in [7, 11) is 0. The third-order valence-electron chi connectivity index (χ3n) is 3.13. The zero-order valence-electron chi connectivity index (χ0n) is 14.8. The van der Waals surface area contributed by atoms with Crippen molar-refractivity contribution < 1.29 is 17.9 Å². The van der Waals surface area contributed by atoms with Crippen molar-refractivity contribution >= 4 is 41.3 Å². The van der Waals surface area contributed by atoms with E-state index in [9.17, 15) is 13.2 Å². The summed E-state index contributed by atoms with van der Waals surface area (Å²) in [6.07, 6.45) is -2.79. The lowest BCUT2D eigenvalue weighted by Crippen LogP contribution is -2.36. The average molecular weight is 515 g/mol. The van der Waals surface area contributed by atoms with Gasteiger partial charge in [0.15, 0.2) is 11.7 Å². The van der Waals surface area contributed by atoms with Crippen LogP contribution in [0, 0.1) is 0 Å². The quantitative estimate of drug-likeness (QED) is 0.334. The molecule has 0 saturated carbocycles. The molecule has 0 aliphatic heterocycles. The lowest BCUT2D eigenvalue weighted by Gasteiger charge is -2.11. The minimum Gasteiger partial charge on any atom is -0.478 e. The largest absolute Gasteiger partial charge is 0.478 e. The molecule has 0 unspecified atom stereocenters. The van der Waals surface area contributed by atoms with Crippen LogP contribution in [0.25, 0.3) is 0 Å². The highest BCUT2D eigenvalue weighted by Gasteiger charge is 2.33. The number of aliphatic imine (C=N–C) groups is 1. The van der Waals surface area contributed by atoms with Crippen molar-refractivity contribution in [3.8, 4) is 5.88 Å². The molecular weight excluding hydrogens is 494 g/mol. The number of ether oxygens (including phenoxy) is 1. The second-order valence-electron chi connectivity index (χ2n) is 5.07. The molecule has 0 aromatic carbocycles. The van der Waals surface area contributed by atoms with Gasteiger partial charge in [-0.2, -0.15) is 13.2 Å². The topological polar surface area (TPSA) is 71.4 Å². The number of nitrogens with one attached hydrogen (secondary N) is 2. The predicted octanol–water partition coefficient (Wildman–Crippen LogP) is 3.83. The van der Waals surface area contributed by atoms with E-state index in [0.717, 1.165) is 22.3 Å². The number of hydrogen-bond acceptors (Lipinski definition) is 5. The van der Waals surface area contributed by atoms with Gasteiger partial charge < -0.3 is 15.4 Å². The maximum absolute atomic E-state index is 12.6. The van der Waals surface area contributed by atoms with E-state index in [1.807, 2.05) is 19.9 Å². The molecule has 0 amide bonds. The Balaban J connectivity index is 0.00000364. The van der Waals surface area contributed by atoms with Crippen LogP contribution in [0.1, 0.15) is 30.1 Å². The monoisotopic (exact) mass is 515 g/mol. The Bertz CT molecular complexity index is 739. The SMILES string of the molecule is CCNC(=NCc1cccnc1OCC)NCc1nc(C(F)(F)F)cs1.I. The molecule has 0 saturated heterocycles. The van der Waals surface area contributed by atoms with Gasteiger partial charge in [0.05, 0.1) is 19.7 Å². The van der Waals surface area contributed by atoms with E-state index >= 15 is 0 Å². The molecule has 2 heterocycles. The normalized spacial score (nSPS) is 11.7. The lowest BCUT2D eigenvalue weighted by molar-refractivity contribution is -0.140. The van der Waals surface area contributed by atoms with Gasteiger partial charge in [-0.3, -0.25) is 0 Å². The number of guanidine groups is 1. The maximum Gasteiger partial charge on any atom is 0.434 e. The molecule has 0 fully saturated rings. The van der Waals surface area contributed by atoms with Gasteiger partial charge in [-0.05, 0) is 19.9 Å². The van der Waals surface area contributed by atoms with Crippen molar-refractivity contribution in [3.63, 3.8) is 0 Å². The summed E-state index contributed by atoms with van der Waals surface area (Å²) in [4.78, 5) is 12.2. The Morgan fingerprint density at radius 2 is 2.07 bits per heavy atom. The molecule has 0 bridgehead atoms. The summed E-state index contributed by atoms with van der Waals surface area (Å²) < 4.78 is 43.3. The van der Waals surface area contributed by atoms with Gasteiger partial charge >= 0.3 is 6.18 Å². The molecule has 0 radical (unpaired) electrons. The molecule has 0 aliphatic carbocycles. The van der Waals surface area contributed by atoms with E-state index in [0.29, 0.717) is 36.5 Å². The highest BCUT2D eigenvalue weighted by atomic mass is 127. The first-order valence-corrected chi connectivity index (χ1v) is 8.92. The highest BCUT2D eigenvalue weighted by molar-refractivity contribution is 14.0. The Hall–Kier alpha value is -1.63. The molecule has 2 aromatic rings. The summed E-state index contributed by atoms with van der Waals surface area (Å²) in [5, 5.41) is 7.36. The van der Waals surface area contributed by atoms with Gasteiger partial charge in [0, 0.05) is 23.7 Å². The molecule has 0 atom stereocenters. The van der Waals surface area contributed by atoms with Gasteiger partial charge in [-0.15, -0.1) is 35.3 Å². The zero-order chi connectivity index (χ0) is 19.0. The van der Waals surface area contributed by atoms with Crippen LogP contribution in [-0.2, 0) is 19.3 Å². The summed E-state index contributed by atoms with van der Waals surface area (Å²) in [6.45, 7) is 5.36. The fourth-order valence-electron chi connectivity index (χ4n) is 2.00. The van der Waals surface area contributed by atoms with Gasteiger partial charge in [0.25, 0.3) is 0 Å². The van der Waals surface area contributed by atoms with E-state index in [1.54, 1.807) is 12.3 Å². The van der Waals surface area contributed by atoms with Gasteiger partial charge in [0.2, 0.25) is 5.88 Å². The van der Waals surface area contributed by atoms with Crippen molar-refractivity contribution in [2.45, 2.75) is 33.1 Å². The lowest BCUT2D eigenvalue weighted by atomic mass is 10.3. The third kappa shape index (κ3) is 7.48. The fraction of sp³-hybridized carbons (Fsp3) is 0.438. The Labute approximate surface area is 176 Å². The number of aromatic nitrogens is 2. The van der Waals surface area contributed by atoms with Crippen LogP contribution in [0.2, 0.25) is 0 Å². The number of halogens is 4. The molecule has 2 rings (SSSR count). The number of thiazole rings is 1. The first-order valence-electron chi connectivity index (χ1n) is 8.04.